The predicted octanol–water partition coefficient (Wildman–Crippen LogP) is 9.01. The molecule has 1 fully saturated rings. The molecule has 4 rings (SSSR count). The van der Waals surface area contributed by atoms with E-state index in [1.807, 2.05) is 104 Å². The van der Waals surface area contributed by atoms with Crippen LogP contribution in [0.25, 0.3) is 0 Å². The molecule has 3 aromatic rings. The van der Waals surface area contributed by atoms with Crippen LogP contribution in [-0.2, 0) is 54.2 Å². The molecule has 0 aliphatic carbocycles. The number of sulfone groups is 2. The van der Waals surface area contributed by atoms with E-state index in [9.17, 15) is 4.21 Å². The highest BCUT2D eigenvalue weighted by atomic mass is 32.3. The van der Waals surface area contributed by atoms with Gasteiger partial charge < -0.3 is 0 Å². The zero-order valence-corrected chi connectivity index (χ0v) is 36.7. The van der Waals surface area contributed by atoms with Gasteiger partial charge in [0.25, 0.3) is 0 Å². The van der Waals surface area contributed by atoms with Crippen molar-refractivity contribution in [1.29, 1.82) is 0 Å². The Labute approximate surface area is 311 Å². The van der Waals surface area contributed by atoms with E-state index in [1.54, 1.807) is 0 Å². The van der Waals surface area contributed by atoms with E-state index < -0.39 is 43.8 Å². The molecule has 1 aliphatic rings. The Bertz CT molecular complexity index is 2160. The summed E-state index contributed by atoms with van der Waals surface area (Å²) in [5, 5.41) is 0. The number of hydrogen-bond acceptors (Lipinski definition) is 6. The summed E-state index contributed by atoms with van der Waals surface area (Å²) in [6.07, 6.45) is -0.600. The van der Waals surface area contributed by atoms with E-state index in [1.165, 1.54) is 20.8 Å². The number of rotatable bonds is 6. The third-order valence-corrected chi connectivity index (χ3v) is 22.9. The van der Waals surface area contributed by atoms with E-state index >= 15 is 16.8 Å². The van der Waals surface area contributed by atoms with Gasteiger partial charge in [-0.1, -0.05) is 0 Å². The van der Waals surface area contributed by atoms with Crippen molar-refractivity contribution in [1.82, 2.24) is 0 Å². The van der Waals surface area contributed by atoms with E-state index in [-0.39, 0.29) is 19.3 Å². The lowest BCUT2D eigenvalue weighted by Gasteiger charge is -2.38. The Balaban J connectivity index is 2.15. The van der Waals surface area contributed by atoms with Crippen LogP contribution in [0.2, 0.25) is 0 Å². The molecule has 0 saturated carbocycles. The second-order valence-corrected chi connectivity index (χ2v) is 23.7. The van der Waals surface area contributed by atoms with Crippen LogP contribution in [0.15, 0.2) is 0 Å². The molecule has 6 nitrogen and oxygen atoms in total. The van der Waals surface area contributed by atoms with Crippen molar-refractivity contribution >= 4 is 30.8 Å². The van der Waals surface area contributed by atoms with Gasteiger partial charge in [0.2, 0.25) is 9.84 Å². The molecule has 0 radical (unpaired) electrons. The molecule has 0 spiro atoms. The first kappa shape index (κ1) is 41.4. The summed E-state index contributed by atoms with van der Waals surface area (Å²) in [7, 11) is -9.60. The Kier molecular flexibility index (Phi) is 10.7. The molecule has 9 heteroatoms. The zero-order chi connectivity index (χ0) is 39.3. The molecule has 0 bridgehead atoms. The highest BCUT2D eigenvalue weighted by Gasteiger charge is 2.70. The van der Waals surface area contributed by atoms with Gasteiger partial charge >= 0.3 is 0 Å². The van der Waals surface area contributed by atoms with Gasteiger partial charge in [-0.2, -0.15) is 0 Å². The molecule has 4 unspecified atom stereocenters. The average Bonchev–Trinajstić information content (AvgIpc) is 3.09. The van der Waals surface area contributed by atoms with E-state index in [2.05, 4.69) is 0 Å². The summed E-state index contributed by atoms with van der Waals surface area (Å²) in [6.45, 7) is 34.1. The van der Waals surface area contributed by atoms with Crippen molar-refractivity contribution in [3.05, 3.63) is 100 Å². The van der Waals surface area contributed by atoms with Crippen molar-refractivity contribution < 1.29 is 25.2 Å². The van der Waals surface area contributed by atoms with Crippen LogP contribution in [-0.4, -0.2) is 34.1 Å². The first-order chi connectivity index (χ1) is 23.1. The van der Waals surface area contributed by atoms with Crippen LogP contribution in [0.4, 0.5) is 0 Å². The van der Waals surface area contributed by atoms with Gasteiger partial charge in [0.05, 0.1) is 0 Å². The van der Waals surface area contributed by atoms with Crippen LogP contribution in [0, 0.1) is 104 Å². The minimum absolute atomic E-state index is 0.146. The molecular weight excluding hydrogens is 697 g/mol. The standard InChI is InChI=1S/C42H60O6S3/c1-22-25(4)31(10)37(32(11)26(22)5)19-40(16)48-49(43)41(17,20-38-33(12)27(6)23(2)28(7)34(38)13)51(46,47)42(18,50(40,44)45)21-39-35(14)29(8)24(3)30(9)36(39)15/h19-21H2,1-18H3. The van der Waals surface area contributed by atoms with E-state index in [0.29, 0.717) is 5.56 Å². The molecular formula is C42H60O6S3. The summed E-state index contributed by atoms with van der Waals surface area (Å²) in [5.41, 5.74) is 17.1. The number of hydrogen-bond donors (Lipinski definition) is 0. The minimum atomic E-state index is -4.81. The third kappa shape index (κ3) is 5.74. The maximum atomic E-state index is 15.7. The first-order valence-corrected chi connectivity index (χ1v) is 21.9. The molecule has 1 heterocycles. The molecule has 0 aromatic heterocycles. The van der Waals surface area contributed by atoms with E-state index in [0.717, 1.165) is 94.6 Å². The second kappa shape index (κ2) is 13.2. The highest BCUT2D eigenvalue weighted by molar-refractivity contribution is 8.17. The maximum absolute atomic E-state index is 15.7. The van der Waals surface area contributed by atoms with Gasteiger partial charge in [-0.15, -0.1) is 0 Å². The first-order valence-electron chi connectivity index (χ1n) is 17.8. The molecule has 51 heavy (non-hydrogen) atoms. The van der Waals surface area contributed by atoms with Gasteiger partial charge in [0.1, 0.15) is 0 Å². The van der Waals surface area contributed by atoms with Crippen molar-refractivity contribution in [2.45, 2.75) is 157 Å². The SMILES string of the molecule is Cc1c(C)c(C)c(CC2(C)OS(=O)C(C)(Cc3c(C)c(C)c(C)c(C)c3C)S(=O)(=O)C(C)(Cc3c(C)c(C)c(C)c(C)c3C)S2(=O)=O)c(C)c1C. The Morgan fingerprint density at radius 2 is 0.667 bits per heavy atom. The summed E-state index contributed by atoms with van der Waals surface area (Å²) in [4.78, 5) is -2.14. The smallest absolute Gasteiger partial charge is 0.201 e. The summed E-state index contributed by atoms with van der Waals surface area (Å²) >= 11 is -2.58. The normalized spacial score (nSPS) is 26.0. The maximum Gasteiger partial charge on any atom is 0.201 e. The Morgan fingerprint density at radius 3 is 0.980 bits per heavy atom. The second-order valence-electron chi connectivity index (χ2n) is 16.1. The lowest BCUT2D eigenvalue weighted by atomic mass is 9.87. The van der Waals surface area contributed by atoms with E-state index in [4.69, 9.17) is 4.18 Å². The van der Waals surface area contributed by atoms with Gasteiger partial charge in [0.15, 0.2) is 34.0 Å². The van der Waals surface area contributed by atoms with Crippen LogP contribution in [0.1, 0.15) is 121 Å². The fourth-order valence-corrected chi connectivity index (χ4v) is 16.7. The fourth-order valence-electron chi connectivity index (χ4n) is 8.40. The van der Waals surface area contributed by atoms with Gasteiger partial charge in [-0.3, -0.25) is 4.18 Å². The van der Waals surface area contributed by atoms with Crippen LogP contribution >= 0.6 is 0 Å². The van der Waals surface area contributed by atoms with Crippen molar-refractivity contribution in [3.63, 3.8) is 0 Å². The molecule has 282 valence electrons. The quantitative estimate of drug-likeness (QED) is 0.249. The predicted molar refractivity (Wildman–Crippen MR) is 214 cm³/mol. The molecule has 1 aliphatic heterocycles. The molecule has 0 amide bonds. The zero-order valence-electron chi connectivity index (χ0n) is 34.3. The summed E-state index contributed by atoms with van der Waals surface area (Å²) in [5.74, 6) is 0. The van der Waals surface area contributed by atoms with Gasteiger partial charge in [0, 0.05) is 19.3 Å². The monoisotopic (exact) mass is 756 g/mol. The highest BCUT2D eigenvalue weighted by Crippen LogP contribution is 2.51. The van der Waals surface area contributed by atoms with Crippen LogP contribution in [0.3, 0.4) is 0 Å². The average molecular weight is 757 g/mol. The van der Waals surface area contributed by atoms with Gasteiger partial charge in [-0.05, 0) is 225 Å². The van der Waals surface area contributed by atoms with Crippen LogP contribution < -0.4 is 0 Å². The van der Waals surface area contributed by atoms with Crippen molar-refractivity contribution in [2.24, 2.45) is 0 Å². The largest absolute Gasteiger partial charge is 0.266 e. The molecule has 0 N–H and O–H groups in total. The van der Waals surface area contributed by atoms with Crippen LogP contribution in [0.5, 0.6) is 0 Å². The molecule has 1 saturated heterocycles. The lowest BCUT2D eigenvalue weighted by Crippen LogP contribution is -2.58. The van der Waals surface area contributed by atoms with Crippen molar-refractivity contribution in [3.8, 4) is 0 Å². The summed E-state index contributed by atoms with van der Waals surface area (Å²) < 4.78 is 79.5. The fraction of sp³-hybridized carbons (Fsp3) is 0.571. The van der Waals surface area contributed by atoms with Crippen molar-refractivity contribution in [2.75, 3.05) is 0 Å². The summed E-state index contributed by atoms with van der Waals surface area (Å²) in [6, 6.07) is 0. The molecule has 4 atom stereocenters. The number of benzene rings is 3. The van der Waals surface area contributed by atoms with Gasteiger partial charge in [-0.25, -0.2) is 21.0 Å². The third-order valence-electron chi connectivity index (χ3n) is 13.8. The topological polar surface area (TPSA) is 94.6 Å². The Morgan fingerprint density at radius 1 is 0.412 bits per heavy atom. The lowest BCUT2D eigenvalue weighted by molar-refractivity contribution is 0.190. The Hall–Kier alpha value is -2.33. The minimum Gasteiger partial charge on any atom is -0.266 e. The molecule has 3 aromatic carbocycles.